The zero-order valence-corrected chi connectivity index (χ0v) is 17.7. The lowest BCUT2D eigenvalue weighted by atomic mass is 9.82. The highest BCUT2D eigenvalue weighted by Gasteiger charge is 2.31. The molecule has 1 aromatic heterocycles. The summed E-state index contributed by atoms with van der Waals surface area (Å²) in [5, 5.41) is 7.66. The molecule has 0 bridgehead atoms. The Bertz CT molecular complexity index is 990. The van der Waals surface area contributed by atoms with Crippen LogP contribution in [-0.2, 0) is 12.8 Å². The van der Waals surface area contributed by atoms with Crippen molar-refractivity contribution in [3.8, 4) is 0 Å². The Morgan fingerprint density at radius 2 is 2.13 bits per heavy atom. The topological polar surface area (TPSA) is 61.7 Å². The monoisotopic (exact) mass is 399 g/mol. The molecule has 3 unspecified atom stereocenters. The summed E-state index contributed by atoms with van der Waals surface area (Å²) in [5.41, 5.74) is 10.4. The Hall–Kier alpha value is -3.21. The molecule has 1 aliphatic carbocycles. The van der Waals surface area contributed by atoms with Crippen molar-refractivity contribution in [1.29, 1.82) is 0 Å². The van der Waals surface area contributed by atoms with Crippen molar-refractivity contribution < 1.29 is 0 Å². The standard InChI is InChI=1S/C25H29N5/c1-4-8-19-17(2)25-20-16-28-30-22(20)11-12-23(25)29-21(19)13-14-27-24(26-3)15-18-9-6-5-7-10-18/h5-7,9-14,16,20,22,24,27,30H,3-4,8,15H2,1-2H3/b14-13+. The zero-order valence-electron chi connectivity index (χ0n) is 17.7. The Morgan fingerprint density at radius 3 is 2.90 bits per heavy atom. The van der Waals surface area contributed by atoms with Gasteiger partial charge in [-0.1, -0.05) is 49.8 Å². The Morgan fingerprint density at radius 1 is 1.30 bits per heavy atom. The summed E-state index contributed by atoms with van der Waals surface area (Å²) in [6.07, 6.45) is 13.1. The number of nitrogens with zero attached hydrogens (tertiary/aromatic N) is 3. The quantitative estimate of drug-likeness (QED) is 0.653. The van der Waals surface area contributed by atoms with Crippen molar-refractivity contribution in [1.82, 2.24) is 15.7 Å². The third-order valence-electron chi connectivity index (χ3n) is 5.85. The molecule has 0 fully saturated rings. The second-order valence-electron chi connectivity index (χ2n) is 7.86. The van der Waals surface area contributed by atoms with Crippen LogP contribution in [0.5, 0.6) is 0 Å². The normalized spacial score (nSPS) is 19.9. The van der Waals surface area contributed by atoms with Crippen LogP contribution in [0, 0.1) is 6.92 Å². The largest absolute Gasteiger partial charge is 0.370 e. The van der Waals surface area contributed by atoms with Gasteiger partial charge >= 0.3 is 0 Å². The first kappa shape index (κ1) is 20.1. The van der Waals surface area contributed by atoms with Crippen LogP contribution in [0.25, 0.3) is 12.2 Å². The molecule has 1 aliphatic heterocycles. The van der Waals surface area contributed by atoms with E-state index in [1.165, 1.54) is 22.3 Å². The summed E-state index contributed by atoms with van der Waals surface area (Å²) in [6.45, 7) is 8.18. The summed E-state index contributed by atoms with van der Waals surface area (Å²) in [7, 11) is 0. The molecule has 3 atom stereocenters. The fraction of sp³-hybridized carbons (Fsp3) is 0.320. The highest BCUT2D eigenvalue weighted by Crippen LogP contribution is 2.35. The molecule has 1 aromatic carbocycles. The maximum absolute atomic E-state index is 5.01. The number of aliphatic imine (C=N–C) groups is 1. The first-order valence-corrected chi connectivity index (χ1v) is 10.6. The number of aromatic nitrogens is 1. The minimum absolute atomic E-state index is 0.0709. The molecule has 2 heterocycles. The van der Waals surface area contributed by atoms with Crippen LogP contribution >= 0.6 is 0 Å². The molecule has 30 heavy (non-hydrogen) atoms. The molecule has 0 spiro atoms. The maximum Gasteiger partial charge on any atom is 0.121 e. The van der Waals surface area contributed by atoms with Crippen molar-refractivity contribution in [2.75, 3.05) is 0 Å². The molecule has 4 rings (SSSR count). The molecular weight excluding hydrogens is 370 g/mol. The Kier molecular flexibility index (Phi) is 6.07. The van der Waals surface area contributed by atoms with Gasteiger partial charge < -0.3 is 10.7 Å². The van der Waals surface area contributed by atoms with E-state index in [2.05, 4.69) is 71.8 Å². The SMILES string of the molecule is C=NC(Cc1ccccc1)N/C=C/c1nc2c(c(C)c1CCC)C1C=NNC1C=C2. The van der Waals surface area contributed by atoms with Crippen LogP contribution < -0.4 is 10.7 Å². The first-order chi connectivity index (χ1) is 14.7. The van der Waals surface area contributed by atoms with Gasteiger partial charge in [0.25, 0.3) is 0 Å². The number of pyridine rings is 1. The van der Waals surface area contributed by atoms with Gasteiger partial charge in [0, 0.05) is 24.8 Å². The lowest BCUT2D eigenvalue weighted by Crippen LogP contribution is -2.28. The Balaban J connectivity index is 1.58. The molecular formula is C25H29N5. The van der Waals surface area contributed by atoms with E-state index in [0.29, 0.717) is 0 Å². The molecule has 0 saturated carbocycles. The molecule has 0 radical (unpaired) electrons. The average Bonchev–Trinajstić information content (AvgIpc) is 3.25. The van der Waals surface area contributed by atoms with Crippen molar-refractivity contribution in [3.05, 3.63) is 76.2 Å². The molecule has 2 aromatic rings. The van der Waals surface area contributed by atoms with E-state index in [-0.39, 0.29) is 18.1 Å². The van der Waals surface area contributed by atoms with Gasteiger partial charge in [-0.05, 0) is 54.5 Å². The van der Waals surface area contributed by atoms with E-state index in [4.69, 9.17) is 4.98 Å². The van der Waals surface area contributed by atoms with Gasteiger partial charge in [0.1, 0.15) is 6.17 Å². The van der Waals surface area contributed by atoms with Crippen LogP contribution in [0.2, 0.25) is 0 Å². The lowest BCUT2D eigenvalue weighted by Gasteiger charge is -2.25. The van der Waals surface area contributed by atoms with E-state index in [9.17, 15) is 0 Å². The number of hydrogen-bond acceptors (Lipinski definition) is 5. The van der Waals surface area contributed by atoms with Crippen LogP contribution in [0.15, 0.2) is 52.7 Å². The predicted octanol–water partition coefficient (Wildman–Crippen LogP) is 4.24. The van der Waals surface area contributed by atoms with Gasteiger partial charge in [0.05, 0.1) is 17.4 Å². The number of hydrazone groups is 1. The average molecular weight is 400 g/mol. The highest BCUT2D eigenvalue weighted by atomic mass is 15.3. The predicted molar refractivity (Wildman–Crippen MR) is 126 cm³/mol. The number of benzene rings is 1. The summed E-state index contributed by atoms with van der Waals surface area (Å²) in [4.78, 5) is 9.24. The molecule has 2 aliphatic rings. The second-order valence-corrected chi connectivity index (χ2v) is 7.86. The maximum atomic E-state index is 5.01. The fourth-order valence-electron chi connectivity index (χ4n) is 4.30. The summed E-state index contributed by atoms with van der Waals surface area (Å²) in [5.74, 6) is 0.268. The Labute approximate surface area is 178 Å². The second kappa shape index (κ2) is 9.08. The van der Waals surface area contributed by atoms with Gasteiger partial charge in [0.15, 0.2) is 0 Å². The molecule has 5 heteroatoms. The van der Waals surface area contributed by atoms with E-state index >= 15 is 0 Å². The minimum atomic E-state index is -0.0709. The number of nitrogens with one attached hydrogen (secondary N) is 2. The molecule has 154 valence electrons. The van der Waals surface area contributed by atoms with Gasteiger partial charge in [-0.15, -0.1) is 0 Å². The van der Waals surface area contributed by atoms with E-state index in [0.717, 1.165) is 30.7 Å². The lowest BCUT2D eigenvalue weighted by molar-refractivity contribution is 0.615. The molecule has 0 amide bonds. The highest BCUT2D eigenvalue weighted by molar-refractivity contribution is 5.78. The van der Waals surface area contributed by atoms with Crippen molar-refractivity contribution in [2.24, 2.45) is 10.1 Å². The van der Waals surface area contributed by atoms with Gasteiger partial charge in [-0.2, -0.15) is 5.10 Å². The van der Waals surface area contributed by atoms with Gasteiger partial charge in [-0.25, -0.2) is 4.98 Å². The molecule has 0 saturated heterocycles. The van der Waals surface area contributed by atoms with E-state index < -0.39 is 0 Å². The minimum Gasteiger partial charge on any atom is -0.370 e. The molecule has 5 nitrogen and oxygen atoms in total. The number of hydrogen-bond donors (Lipinski definition) is 2. The van der Waals surface area contributed by atoms with Crippen LogP contribution in [-0.4, -0.2) is 30.1 Å². The summed E-state index contributed by atoms with van der Waals surface area (Å²) >= 11 is 0. The van der Waals surface area contributed by atoms with Crippen LogP contribution in [0.4, 0.5) is 0 Å². The smallest absolute Gasteiger partial charge is 0.121 e. The number of rotatable bonds is 8. The zero-order chi connectivity index (χ0) is 20.9. The van der Waals surface area contributed by atoms with Crippen molar-refractivity contribution >= 4 is 25.1 Å². The van der Waals surface area contributed by atoms with Crippen LogP contribution in [0.1, 0.15) is 52.9 Å². The fourth-order valence-corrected chi connectivity index (χ4v) is 4.30. The summed E-state index contributed by atoms with van der Waals surface area (Å²) < 4.78 is 0. The number of fused-ring (bicyclic) bond motifs is 3. The summed E-state index contributed by atoms with van der Waals surface area (Å²) in [6, 6.07) is 10.6. The van der Waals surface area contributed by atoms with Crippen molar-refractivity contribution in [3.63, 3.8) is 0 Å². The van der Waals surface area contributed by atoms with Crippen molar-refractivity contribution in [2.45, 2.75) is 51.2 Å². The van der Waals surface area contributed by atoms with Gasteiger partial charge in [-0.3, -0.25) is 4.99 Å². The van der Waals surface area contributed by atoms with Crippen LogP contribution in [0.3, 0.4) is 0 Å². The third kappa shape index (κ3) is 4.06. The van der Waals surface area contributed by atoms with Gasteiger partial charge in [0.2, 0.25) is 0 Å². The van der Waals surface area contributed by atoms with E-state index in [1.54, 1.807) is 0 Å². The molecule has 2 N–H and O–H groups in total. The third-order valence-corrected chi connectivity index (χ3v) is 5.85. The first-order valence-electron chi connectivity index (χ1n) is 10.6. The van der Waals surface area contributed by atoms with E-state index in [1.807, 2.05) is 30.6 Å².